The van der Waals surface area contributed by atoms with Gasteiger partial charge < -0.3 is 37.7 Å². The summed E-state index contributed by atoms with van der Waals surface area (Å²) in [6, 6.07) is 1.08. The van der Waals surface area contributed by atoms with Crippen LogP contribution in [0.5, 0.6) is 0 Å². The molecule has 1 fully saturated rings. The lowest BCUT2D eigenvalue weighted by Gasteiger charge is -2.34. The maximum absolute atomic E-state index is 10.4. The summed E-state index contributed by atoms with van der Waals surface area (Å²) in [5.41, 5.74) is 0. The van der Waals surface area contributed by atoms with Gasteiger partial charge in [-0.15, -0.1) is 0 Å². The molecule has 0 aliphatic heterocycles. The standard InChI is InChI=1S/C15H35NO7Si2.2CH4/c1-20-24(18,21-2)10-5-9-16-14-7-6-13(12-15(14)17)8-11-25(19,22-3)23-4;;/h13-19H,5-12H2,1-4H3;2*1H4. The third kappa shape index (κ3) is 9.93. The van der Waals surface area contributed by atoms with Crippen molar-refractivity contribution in [1.29, 1.82) is 0 Å². The summed E-state index contributed by atoms with van der Waals surface area (Å²) in [6.45, 7) is 0.703. The SMILES string of the molecule is C.C.CO[Si](O)(CCCNC1CCC(CC[Si](O)(OC)OC)CC1O)OC. The van der Waals surface area contributed by atoms with E-state index in [1.807, 2.05) is 0 Å². The molecule has 1 saturated carbocycles. The van der Waals surface area contributed by atoms with Gasteiger partial charge in [-0.1, -0.05) is 14.9 Å². The van der Waals surface area contributed by atoms with E-state index in [4.69, 9.17) is 17.7 Å². The summed E-state index contributed by atoms with van der Waals surface area (Å²) < 4.78 is 20.3. The Balaban J connectivity index is 0. The van der Waals surface area contributed by atoms with Gasteiger partial charge in [-0.05, 0) is 44.6 Å². The van der Waals surface area contributed by atoms with Crippen LogP contribution in [0.25, 0.3) is 0 Å². The van der Waals surface area contributed by atoms with Crippen molar-refractivity contribution in [3.8, 4) is 0 Å². The minimum absolute atomic E-state index is 0. The molecule has 0 heterocycles. The summed E-state index contributed by atoms with van der Waals surface area (Å²) in [5, 5.41) is 13.7. The van der Waals surface area contributed by atoms with E-state index in [9.17, 15) is 14.7 Å². The first kappa shape index (κ1) is 29.3. The number of aliphatic hydroxyl groups excluding tert-OH is 1. The molecule has 0 aromatic carbocycles. The first-order chi connectivity index (χ1) is 11.8. The molecule has 27 heavy (non-hydrogen) atoms. The van der Waals surface area contributed by atoms with Crippen LogP contribution >= 0.6 is 0 Å². The minimum atomic E-state index is -3.01. The number of aliphatic hydroxyl groups is 1. The Morgan fingerprint density at radius 2 is 1.41 bits per heavy atom. The topological polar surface area (TPSA) is 110 Å². The molecule has 1 aliphatic carbocycles. The number of hydrogen-bond acceptors (Lipinski definition) is 8. The van der Waals surface area contributed by atoms with E-state index in [-0.39, 0.29) is 20.9 Å². The number of nitrogens with one attached hydrogen (secondary N) is 1. The Labute approximate surface area is 167 Å². The van der Waals surface area contributed by atoms with Crippen molar-refractivity contribution in [2.45, 2.75) is 71.2 Å². The summed E-state index contributed by atoms with van der Waals surface area (Å²) in [4.78, 5) is 20.1. The average Bonchev–Trinajstić information content (AvgIpc) is 2.64. The van der Waals surface area contributed by atoms with Gasteiger partial charge in [-0.25, -0.2) is 0 Å². The van der Waals surface area contributed by atoms with Crippen LogP contribution < -0.4 is 5.32 Å². The van der Waals surface area contributed by atoms with Crippen molar-refractivity contribution >= 4 is 17.6 Å². The van der Waals surface area contributed by atoms with Gasteiger partial charge in [0.25, 0.3) is 0 Å². The van der Waals surface area contributed by atoms with E-state index in [0.717, 1.165) is 25.7 Å². The molecule has 0 spiro atoms. The smallest absolute Gasteiger partial charge is 0.391 e. The first-order valence-electron chi connectivity index (χ1n) is 8.88. The lowest BCUT2D eigenvalue weighted by molar-refractivity contribution is 0.0619. The van der Waals surface area contributed by atoms with Gasteiger partial charge in [0, 0.05) is 46.6 Å². The van der Waals surface area contributed by atoms with Gasteiger partial charge in [-0.3, -0.25) is 0 Å². The molecule has 1 rings (SSSR count). The molecule has 0 aromatic heterocycles. The Morgan fingerprint density at radius 1 is 0.889 bits per heavy atom. The zero-order chi connectivity index (χ0) is 18.9. The van der Waals surface area contributed by atoms with Crippen LogP contribution in [0.3, 0.4) is 0 Å². The highest BCUT2D eigenvalue weighted by Crippen LogP contribution is 2.30. The van der Waals surface area contributed by atoms with Crippen LogP contribution in [-0.4, -0.2) is 79.4 Å². The van der Waals surface area contributed by atoms with Gasteiger partial charge in [0.15, 0.2) is 0 Å². The zero-order valence-electron chi connectivity index (χ0n) is 15.9. The molecular weight excluding hydrogens is 386 g/mol. The Bertz CT molecular complexity index is 371. The summed E-state index contributed by atoms with van der Waals surface area (Å²) >= 11 is 0. The summed E-state index contributed by atoms with van der Waals surface area (Å²) in [7, 11) is -0.130. The largest absolute Gasteiger partial charge is 0.497 e. The second-order valence-electron chi connectivity index (χ2n) is 6.69. The van der Waals surface area contributed by atoms with E-state index in [2.05, 4.69) is 5.32 Å². The number of rotatable bonds is 12. The van der Waals surface area contributed by atoms with Crippen LogP contribution in [0, 0.1) is 5.92 Å². The molecule has 3 atom stereocenters. The second-order valence-corrected chi connectivity index (χ2v) is 12.2. The number of hydrogen-bond donors (Lipinski definition) is 4. The molecule has 1 aliphatic rings. The predicted molar refractivity (Wildman–Crippen MR) is 111 cm³/mol. The van der Waals surface area contributed by atoms with Crippen molar-refractivity contribution in [2.75, 3.05) is 35.0 Å². The monoisotopic (exact) mass is 429 g/mol. The Morgan fingerprint density at radius 3 is 1.89 bits per heavy atom. The van der Waals surface area contributed by atoms with Crippen LogP contribution in [0.4, 0.5) is 0 Å². The van der Waals surface area contributed by atoms with Gasteiger partial charge in [0.1, 0.15) is 0 Å². The van der Waals surface area contributed by atoms with Crippen LogP contribution in [0.15, 0.2) is 0 Å². The third-order valence-electron chi connectivity index (χ3n) is 5.15. The van der Waals surface area contributed by atoms with Crippen LogP contribution in [0.1, 0.15) is 47.0 Å². The molecule has 10 heteroatoms. The van der Waals surface area contributed by atoms with E-state index in [1.54, 1.807) is 0 Å². The fourth-order valence-electron chi connectivity index (χ4n) is 3.29. The molecule has 8 nitrogen and oxygen atoms in total. The van der Waals surface area contributed by atoms with Gasteiger partial charge >= 0.3 is 17.6 Å². The molecule has 0 bridgehead atoms. The highest BCUT2D eigenvalue weighted by Gasteiger charge is 2.37. The van der Waals surface area contributed by atoms with Crippen molar-refractivity contribution in [3.63, 3.8) is 0 Å². The fraction of sp³-hybridized carbons (Fsp3) is 1.00. The van der Waals surface area contributed by atoms with Gasteiger partial charge in [-0.2, -0.15) is 0 Å². The highest BCUT2D eigenvalue weighted by molar-refractivity contribution is 6.59. The maximum Gasteiger partial charge on any atom is 0.497 e. The van der Waals surface area contributed by atoms with Crippen molar-refractivity contribution < 1.29 is 32.4 Å². The van der Waals surface area contributed by atoms with Crippen molar-refractivity contribution in [3.05, 3.63) is 0 Å². The average molecular weight is 430 g/mol. The molecule has 0 aromatic rings. The van der Waals surface area contributed by atoms with Gasteiger partial charge in [0.2, 0.25) is 0 Å². The lowest BCUT2D eigenvalue weighted by atomic mass is 9.82. The predicted octanol–water partition coefficient (Wildman–Crippen LogP) is 1.61. The molecule has 4 N–H and O–H groups in total. The van der Waals surface area contributed by atoms with Crippen LogP contribution in [0.2, 0.25) is 12.1 Å². The lowest BCUT2D eigenvalue weighted by Crippen LogP contribution is -2.46. The van der Waals surface area contributed by atoms with Gasteiger partial charge in [0.05, 0.1) is 6.10 Å². The fourth-order valence-corrected chi connectivity index (χ4v) is 5.84. The van der Waals surface area contributed by atoms with Crippen molar-refractivity contribution in [1.82, 2.24) is 5.32 Å². The van der Waals surface area contributed by atoms with Crippen molar-refractivity contribution in [2.24, 2.45) is 5.92 Å². The molecule has 0 amide bonds. The third-order valence-corrected chi connectivity index (χ3v) is 9.60. The second kappa shape index (κ2) is 14.2. The highest BCUT2D eigenvalue weighted by atomic mass is 28.4. The van der Waals surface area contributed by atoms with Crippen LogP contribution in [-0.2, 0) is 17.7 Å². The quantitative estimate of drug-likeness (QED) is 0.274. The van der Waals surface area contributed by atoms with E-state index >= 15 is 0 Å². The van der Waals surface area contributed by atoms with E-state index in [1.165, 1.54) is 28.4 Å². The zero-order valence-corrected chi connectivity index (χ0v) is 17.9. The summed E-state index contributed by atoms with van der Waals surface area (Å²) in [5.74, 6) is 0.372. The normalized spacial score (nSPS) is 23.4. The molecule has 166 valence electrons. The van der Waals surface area contributed by atoms with E-state index < -0.39 is 23.7 Å². The molecule has 0 saturated heterocycles. The van der Waals surface area contributed by atoms with E-state index in [0.29, 0.717) is 31.0 Å². The molecule has 3 unspecified atom stereocenters. The summed E-state index contributed by atoms with van der Waals surface area (Å²) in [6.07, 6.45) is 3.74. The first-order valence-corrected chi connectivity index (χ1v) is 12.8. The molecule has 0 radical (unpaired) electrons. The Kier molecular flexibility index (Phi) is 15.4. The Hall–Kier alpha value is 0.114. The minimum Gasteiger partial charge on any atom is -0.391 e. The molecular formula is C17H43NO7Si2. The maximum atomic E-state index is 10.4.